The number of nitrogens with one attached hydrogen (secondary N) is 1. The van der Waals surface area contributed by atoms with Crippen LogP contribution in [0.3, 0.4) is 0 Å². The highest BCUT2D eigenvalue weighted by molar-refractivity contribution is 8.00. The van der Waals surface area contributed by atoms with Gasteiger partial charge in [0.1, 0.15) is 12.1 Å². The lowest BCUT2D eigenvalue weighted by atomic mass is 9.92. The molecule has 2 aliphatic rings. The number of carbonyl (C=O) groups is 3. The molecule has 0 unspecified atom stereocenters. The van der Waals surface area contributed by atoms with Crippen LogP contribution in [-0.2, 0) is 15.1 Å². The van der Waals surface area contributed by atoms with Crippen LogP contribution in [-0.4, -0.2) is 41.1 Å². The van der Waals surface area contributed by atoms with Gasteiger partial charge in [-0.2, -0.15) is 0 Å². The summed E-state index contributed by atoms with van der Waals surface area (Å²) in [5.74, 6) is -0.727. The predicted octanol–water partition coefficient (Wildman–Crippen LogP) is 4.02. The molecule has 0 radical (unpaired) electrons. The molecule has 156 valence electrons. The van der Waals surface area contributed by atoms with Gasteiger partial charge in [0, 0.05) is 21.7 Å². The summed E-state index contributed by atoms with van der Waals surface area (Å²) >= 11 is 7.67. The van der Waals surface area contributed by atoms with E-state index in [1.165, 1.54) is 0 Å². The summed E-state index contributed by atoms with van der Waals surface area (Å²) in [6.45, 7) is 4.01. The van der Waals surface area contributed by atoms with Gasteiger partial charge in [-0.15, -0.1) is 11.8 Å². The van der Waals surface area contributed by atoms with E-state index in [9.17, 15) is 14.4 Å². The minimum Gasteiger partial charge on any atom is -0.319 e. The highest BCUT2D eigenvalue weighted by atomic mass is 35.5. The van der Waals surface area contributed by atoms with Crippen LogP contribution >= 0.6 is 23.4 Å². The topological polar surface area (TPSA) is 69.7 Å². The molecule has 0 bridgehead atoms. The summed E-state index contributed by atoms with van der Waals surface area (Å²) < 4.78 is 0. The highest BCUT2D eigenvalue weighted by Crippen LogP contribution is 2.37. The fourth-order valence-electron chi connectivity index (χ4n) is 3.79. The van der Waals surface area contributed by atoms with Crippen LogP contribution < -0.4 is 10.2 Å². The van der Waals surface area contributed by atoms with Crippen LogP contribution in [0.1, 0.15) is 25.8 Å². The molecule has 8 heteroatoms. The van der Waals surface area contributed by atoms with Gasteiger partial charge in [0.15, 0.2) is 0 Å². The van der Waals surface area contributed by atoms with Gasteiger partial charge in [-0.25, -0.2) is 4.79 Å². The summed E-state index contributed by atoms with van der Waals surface area (Å²) in [5.41, 5.74) is 0.207. The molecule has 2 atom stereocenters. The van der Waals surface area contributed by atoms with Crippen molar-refractivity contribution in [2.45, 2.75) is 36.0 Å². The van der Waals surface area contributed by atoms with Gasteiger partial charge in [-0.1, -0.05) is 42.8 Å². The van der Waals surface area contributed by atoms with E-state index in [0.29, 0.717) is 22.4 Å². The average molecular weight is 444 g/mol. The van der Waals surface area contributed by atoms with Crippen LogP contribution in [0.2, 0.25) is 5.02 Å². The summed E-state index contributed by atoms with van der Waals surface area (Å²) in [6, 6.07) is 13.9. The van der Waals surface area contributed by atoms with Crippen molar-refractivity contribution >= 4 is 46.9 Å². The van der Waals surface area contributed by atoms with Gasteiger partial charge >= 0.3 is 6.03 Å². The molecule has 0 aromatic heterocycles. The van der Waals surface area contributed by atoms with Gasteiger partial charge in [0.25, 0.3) is 5.91 Å². The van der Waals surface area contributed by atoms with Gasteiger partial charge in [-0.3, -0.25) is 14.5 Å². The molecule has 6 nitrogen and oxygen atoms in total. The summed E-state index contributed by atoms with van der Waals surface area (Å²) in [5, 5.41) is 3.64. The second kappa shape index (κ2) is 7.96. The van der Waals surface area contributed by atoms with Crippen LogP contribution in [0.25, 0.3) is 0 Å². The molecule has 0 saturated carbocycles. The Morgan fingerprint density at radius 1 is 1.20 bits per heavy atom. The number of fused-ring (bicyclic) bond motifs is 1. The van der Waals surface area contributed by atoms with Crippen LogP contribution in [0.5, 0.6) is 0 Å². The van der Waals surface area contributed by atoms with E-state index in [-0.39, 0.29) is 12.5 Å². The van der Waals surface area contributed by atoms with Crippen molar-refractivity contribution in [3.05, 3.63) is 59.1 Å². The Morgan fingerprint density at radius 3 is 2.63 bits per heavy atom. The third-order valence-electron chi connectivity index (χ3n) is 5.53. The minimum atomic E-state index is -1.23. The van der Waals surface area contributed by atoms with E-state index < -0.39 is 17.5 Å². The summed E-state index contributed by atoms with van der Waals surface area (Å²) in [7, 11) is 0. The Labute approximate surface area is 184 Å². The van der Waals surface area contributed by atoms with Crippen molar-refractivity contribution in [1.82, 2.24) is 10.2 Å². The Balaban J connectivity index is 1.57. The minimum absolute atomic E-state index is 0.277. The molecule has 2 aliphatic heterocycles. The fourth-order valence-corrected chi connectivity index (χ4v) is 5.02. The fraction of sp³-hybridized carbons (Fsp3) is 0.318. The molecule has 1 saturated heterocycles. The Kier molecular flexibility index (Phi) is 5.51. The molecule has 2 aromatic rings. The standard InChI is InChI=1S/C22H22ClN3O3S/c1-14-11-12-25(17-5-3-4-6-18(17)30-14)19(27)13-26-20(28)22(2,24-21(26)29)15-7-9-16(23)10-8-15/h3-10,14H,11-13H2,1-2H3,(H,24,29)/t14-,22+/m0/s1. The molecule has 30 heavy (non-hydrogen) atoms. The monoisotopic (exact) mass is 443 g/mol. The largest absolute Gasteiger partial charge is 0.325 e. The lowest BCUT2D eigenvalue weighted by molar-refractivity contribution is -0.134. The number of hydrogen-bond donors (Lipinski definition) is 1. The normalized spacial score (nSPS) is 23.8. The van der Waals surface area contributed by atoms with Gasteiger partial charge in [0.2, 0.25) is 5.91 Å². The Hall–Kier alpha value is -2.51. The maximum atomic E-state index is 13.2. The number of anilines is 1. The van der Waals surface area contributed by atoms with Crippen molar-refractivity contribution in [1.29, 1.82) is 0 Å². The number of hydrogen-bond acceptors (Lipinski definition) is 4. The molecule has 4 amide bonds. The van der Waals surface area contributed by atoms with E-state index in [1.807, 2.05) is 24.3 Å². The van der Waals surface area contributed by atoms with E-state index in [0.717, 1.165) is 21.9 Å². The van der Waals surface area contributed by atoms with Crippen LogP contribution in [0.4, 0.5) is 10.5 Å². The maximum absolute atomic E-state index is 13.2. The Bertz CT molecular complexity index is 1010. The number of halogens is 1. The molecule has 2 aromatic carbocycles. The first kappa shape index (κ1) is 20.8. The van der Waals surface area contributed by atoms with Crippen LogP contribution in [0, 0.1) is 0 Å². The molecule has 1 N–H and O–H groups in total. The quantitative estimate of drug-likeness (QED) is 0.727. The Morgan fingerprint density at radius 2 is 1.90 bits per heavy atom. The van der Waals surface area contributed by atoms with Crippen molar-refractivity contribution in [3.8, 4) is 0 Å². The van der Waals surface area contributed by atoms with Crippen molar-refractivity contribution in [2.24, 2.45) is 0 Å². The molecule has 4 rings (SSSR count). The SMILES string of the molecule is C[C@H]1CCN(C(=O)CN2C(=O)N[C@](C)(c3ccc(Cl)cc3)C2=O)c2ccccc2S1. The van der Waals surface area contributed by atoms with E-state index in [2.05, 4.69) is 12.2 Å². The number of nitrogens with zero attached hydrogens (tertiary/aromatic N) is 2. The molecule has 1 fully saturated rings. The van der Waals surface area contributed by atoms with Gasteiger partial charge < -0.3 is 10.2 Å². The molecular weight excluding hydrogens is 422 g/mol. The number of thioether (sulfide) groups is 1. The smallest absolute Gasteiger partial charge is 0.319 e. The van der Waals surface area contributed by atoms with Crippen LogP contribution in [0.15, 0.2) is 53.4 Å². The maximum Gasteiger partial charge on any atom is 0.325 e. The first-order chi connectivity index (χ1) is 14.3. The summed E-state index contributed by atoms with van der Waals surface area (Å²) in [6.07, 6.45) is 0.827. The van der Waals surface area contributed by atoms with Gasteiger partial charge in [-0.05, 0) is 43.2 Å². The lowest BCUT2D eigenvalue weighted by Gasteiger charge is -2.25. The summed E-state index contributed by atoms with van der Waals surface area (Å²) in [4.78, 5) is 42.7. The first-order valence-corrected chi connectivity index (χ1v) is 11.0. The first-order valence-electron chi connectivity index (χ1n) is 9.76. The number of para-hydroxylation sites is 1. The van der Waals surface area contributed by atoms with Crippen molar-refractivity contribution in [2.75, 3.05) is 18.0 Å². The van der Waals surface area contributed by atoms with E-state index >= 15 is 0 Å². The zero-order valence-electron chi connectivity index (χ0n) is 16.7. The third kappa shape index (κ3) is 3.68. The second-order valence-electron chi connectivity index (χ2n) is 7.68. The van der Waals surface area contributed by atoms with E-state index in [1.54, 1.807) is 47.9 Å². The second-order valence-corrected chi connectivity index (χ2v) is 9.60. The molecule has 0 aliphatic carbocycles. The third-order valence-corrected chi connectivity index (χ3v) is 7.02. The number of rotatable bonds is 3. The highest BCUT2D eigenvalue weighted by Gasteiger charge is 2.49. The number of carbonyl (C=O) groups excluding carboxylic acids is 3. The average Bonchev–Trinajstić information content (AvgIpc) is 2.85. The molecule has 2 heterocycles. The zero-order valence-corrected chi connectivity index (χ0v) is 18.3. The predicted molar refractivity (Wildman–Crippen MR) is 118 cm³/mol. The number of urea groups is 1. The van der Waals surface area contributed by atoms with Crippen molar-refractivity contribution < 1.29 is 14.4 Å². The number of imide groups is 1. The van der Waals surface area contributed by atoms with E-state index in [4.69, 9.17) is 11.6 Å². The van der Waals surface area contributed by atoms with Crippen molar-refractivity contribution in [3.63, 3.8) is 0 Å². The van der Waals surface area contributed by atoms with Gasteiger partial charge in [0.05, 0.1) is 5.69 Å². The number of amides is 4. The zero-order chi connectivity index (χ0) is 21.5. The molecule has 0 spiro atoms. The number of benzene rings is 2. The lowest BCUT2D eigenvalue weighted by Crippen LogP contribution is -2.45. The molecular formula is C22H22ClN3O3S.